The van der Waals surface area contributed by atoms with Crippen molar-refractivity contribution in [2.75, 3.05) is 0 Å². The first kappa shape index (κ1) is 13.3. The van der Waals surface area contributed by atoms with Crippen LogP contribution in [0.25, 0.3) is 16.9 Å². The number of hydrogen-bond donors (Lipinski definition) is 0. The molecule has 24 heavy (non-hydrogen) atoms. The lowest BCUT2D eigenvalue weighted by molar-refractivity contribution is 0.284. The molecule has 120 valence electrons. The molecule has 0 radical (unpaired) electrons. The summed E-state index contributed by atoms with van der Waals surface area (Å²) < 4.78 is 5.99. The van der Waals surface area contributed by atoms with Crippen molar-refractivity contribution in [2.45, 2.75) is 51.0 Å². The van der Waals surface area contributed by atoms with Crippen molar-refractivity contribution in [1.82, 2.24) is 0 Å². The highest BCUT2D eigenvalue weighted by Gasteiger charge is 2.59. The van der Waals surface area contributed by atoms with Crippen molar-refractivity contribution in [3.05, 3.63) is 64.2 Å². The Balaban J connectivity index is 1.70. The first-order valence-electron chi connectivity index (χ1n) is 9.30. The fourth-order valence-electron chi connectivity index (χ4n) is 6.14. The molecule has 6 rings (SSSR count). The Labute approximate surface area is 143 Å². The van der Waals surface area contributed by atoms with E-state index in [1.807, 2.05) is 0 Å². The lowest BCUT2D eigenvalue weighted by Crippen LogP contribution is -2.14. The fraction of sp³-hybridized carbons (Fsp3) is 0.391. The van der Waals surface area contributed by atoms with E-state index >= 15 is 0 Å². The maximum absolute atomic E-state index is 5.99. The van der Waals surface area contributed by atoms with Crippen LogP contribution in [0.5, 0.6) is 0 Å². The Morgan fingerprint density at radius 3 is 2.83 bits per heavy atom. The van der Waals surface area contributed by atoms with E-state index in [-0.39, 0.29) is 0 Å². The van der Waals surface area contributed by atoms with Crippen LogP contribution >= 0.6 is 0 Å². The Morgan fingerprint density at radius 1 is 1.17 bits per heavy atom. The second-order valence-corrected chi connectivity index (χ2v) is 8.20. The van der Waals surface area contributed by atoms with Gasteiger partial charge in [0.25, 0.3) is 0 Å². The van der Waals surface area contributed by atoms with Crippen LogP contribution in [0, 0.1) is 12.8 Å². The molecule has 1 heteroatoms. The molecular weight excluding hydrogens is 292 g/mol. The quantitative estimate of drug-likeness (QED) is 0.575. The molecule has 0 amide bonds. The maximum atomic E-state index is 5.99. The van der Waals surface area contributed by atoms with E-state index in [0.29, 0.717) is 5.41 Å². The van der Waals surface area contributed by atoms with Crippen LogP contribution in [-0.2, 0) is 23.2 Å². The summed E-state index contributed by atoms with van der Waals surface area (Å²) in [7, 11) is 0. The van der Waals surface area contributed by atoms with Crippen LogP contribution in [-0.4, -0.2) is 0 Å². The van der Waals surface area contributed by atoms with Crippen LogP contribution in [0.3, 0.4) is 0 Å². The summed E-state index contributed by atoms with van der Waals surface area (Å²) in [5.41, 5.74) is 12.3. The van der Waals surface area contributed by atoms with Crippen LogP contribution in [0.2, 0.25) is 0 Å². The smallest absolute Gasteiger partial charge is 0.120 e. The highest BCUT2D eigenvalue weighted by molar-refractivity contribution is 5.91. The Bertz CT molecular complexity index is 936. The third-order valence-corrected chi connectivity index (χ3v) is 7.21. The molecule has 2 unspecified atom stereocenters. The van der Waals surface area contributed by atoms with Gasteiger partial charge in [0.2, 0.25) is 0 Å². The minimum atomic E-state index is 0.478. The number of benzene rings is 2. The highest BCUT2D eigenvalue weighted by Crippen LogP contribution is 2.67. The normalized spacial score (nSPS) is 28.2. The molecule has 0 aromatic heterocycles. The summed E-state index contributed by atoms with van der Waals surface area (Å²) in [6.45, 7) is 7.37. The number of fused-ring (bicyclic) bond motifs is 6. The predicted octanol–water partition coefficient (Wildman–Crippen LogP) is 5.51. The minimum absolute atomic E-state index is 0.478. The molecule has 1 nitrogen and oxygen atoms in total. The van der Waals surface area contributed by atoms with Crippen molar-refractivity contribution in [1.29, 1.82) is 0 Å². The molecule has 3 aliphatic carbocycles. The van der Waals surface area contributed by atoms with E-state index in [0.717, 1.165) is 24.7 Å². The van der Waals surface area contributed by atoms with Crippen molar-refractivity contribution < 1.29 is 4.74 Å². The van der Waals surface area contributed by atoms with E-state index in [4.69, 9.17) is 4.74 Å². The minimum Gasteiger partial charge on any atom is -0.489 e. The molecule has 2 saturated carbocycles. The second-order valence-electron chi connectivity index (χ2n) is 8.20. The summed E-state index contributed by atoms with van der Waals surface area (Å²) in [5.74, 6) is 1.82. The van der Waals surface area contributed by atoms with Gasteiger partial charge in [-0.05, 0) is 77.3 Å². The van der Waals surface area contributed by atoms with E-state index < -0.39 is 0 Å². The molecule has 0 bridgehead atoms. The van der Waals surface area contributed by atoms with E-state index in [1.165, 1.54) is 53.5 Å². The molecule has 1 aliphatic heterocycles. The lowest BCUT2D eigenvalue weighted by Gasteiger charge is -2.23. The largest absolute Gasteiger partial charge is 0.489 e. The van der Waals surface area contributed by atoms with E-state index in [9.17, 15) is 0 Å². The Hall–Kier alpha value is -2.02. The molecule has 2 aromatic carbocycles. The standard InChI is InChI=1S/C23H22O/c1-13-18-10-15-6-3-4-8-17(15)21(18)20-14(2)24-12-19(20)22(13)23-9-5-7-16(23)11-23/h3-4,6,8,16H,2,5,7,9-12H2,1H3. The van der Waals surface area contributed by atoms with Gasteiger partial charge in [-0.25, -0.2) is 0 Å². The van der Waals surface area contributed by atoms with E-state index in [2.05, 4.69) is 37.8 Å². The average Bonchev–Trinajstić information content (AvgIpc) is 2.94. The van der Waals surface area contributed by atoms with Gasteiger partial charge in [0.1, 0.15) is 12.4 Å². The molecule has 2 aromatic rings. The second kappa shape index (κ2) is 4.14. The first-order chi connectivity index (χ1) is 11.7. The number of ether oxygens (including phenoxy) is 1. The zero-order valence-electron chi connectivity index (χ0n) is 14.2. The van der Waals surface area contributed by atoms with Gasteiger partial charge in [0.15, 0.2) is 0 Å². The summed E-state index contributed by atoms with van der Waals surface area (Å²) in [4.78, 5) is 0. The first-order valence-corrected chi connectivity index (χ1v) is 9.30. The summed E-state index contributed by atoms with van der Waals surface area (Å²) in [6, 6.07) is 8.89. The molecule has 0 spiro atoms. The molecular formula is C23H22O. The average molecular weight is 314 g/mol. The SMILES string of the molecule is C=C1OCc2c1c1c(c(C)c2C23CCCC2C3)Cc2ccccc2-1. The summed E-state index contributed by atoms with van der Waals surface area (Å²) in [5, 5.41) is 0. The molecule has 4 aliphatic rings. The molecule has 0 N–H and O–H groups in total. The van der Waals surface area contributed by atoms with E-state index in [1.54, 1.807) is 16.7 Å². The Kier molecular flexibility index (Phi) is 2.29. The number of rotatable bonds is 1. The number of hydrogen-bond acceptors (Lipinski definition) is 1. The fourth-order valence-corrected chi connectivity index (χ4v) is 6.14. The maximum Gasteiger partial charge on any atom is 0.120 e. The zero-order chi connectivity index (χ0) is 16.1. The van der Waals surface area contributed by atoms with Crippen LogP contribution < -0.4 is 0 Å². The van der Waals surface area contributed by atoms with Gasteiger partial charge in [-0.3, -0.25) is 0 Å². The third kappa shape index (κ3) is 1.39. The van der Waals surface area contributed by atoms with Gasteiger partial charge >= 0.3 is 0 Å². The van der Waals surface area contributed by atoms with Crippen LogP contribution in [0.15, 0.2) is 30.8 Å². The van der Waals surface area contributed by atoms with Gasteiger partial charge in [0, 0.05) is 11.1 Å². The molecule has 2 atom stereocenters. The Morgan fingerprint density at radius 2 is 2.04 bits per heavy atom. The van der Waals surface area contributed by atoms with Gasteiger partial charge in [-0.15, -0.1) is 0 Å². The van der Waals surface area contributed by atoms with Gasteiger partial charge < -0.3 is 4.74 Å². The van der Waals surface area contributed by atoms with Crippen LogP contribution in [0.1, 0.15) is 59.1 Å². The summed E-state index contributed by atoms with van der Waals surface area (Å²) >= 11 is 0. The van der Waals surface area contributed by atoms with Gasteiger partial charge in [-0.2, -0.15) is 0 Å². The topological polar surface area (TPSA) is 9.23 Å². The zero-order valence-corrected chi connectivity index (χ0v) is 14.2. The lowest BCUT2D eigenvalue weighted by atomic mass is 9.79. The monoisotopic (exact) mass is 314 g/mol. The van der Waals surface area contributed by atoms with Gasteiger partial charge in [0.05, 0.1) is 0 Å². The third-order valence-electron chi connectivity index (χ3n) is 7.21. The van der Waals surface area contributed by atoms with Gasteiger partial charge in [-0.1, -0.05) is 37.3 Å². The predicted molar refractivity (Wildman–Crippen MR) is 96.9 cm³/mol. The van der Waals surface area contributed by atoms with Crippen molar-refractivity contribution in [3.8, 4) is 11.1 Å². The van der Waals surface area contributed by atoms with Crippen molar-refractivity contribution >= 4 is 5.76 Å². The van der Waals surface area contributed by atoms with Crippen molar-refractivity contribution in [3.63, 3.8) is 0 Å². The molecule has 0 saturated heterocycles. The molecule has 1 heterocycles. The highest BCUT2D eigenvalue weighted by atomic mass is 16.5. The summed E-state index contributed by atoms with van der Waals surface area (Å²) in [6.07, 6.45) is 6.68. The van der Waals surface area contributed by atoms with Crippen molar-refractivity contribution in [2.24, 2.45) is 5.92 Å². The molecule has 2 fully saturated rings. The van der Waals surface area contributed by atoms with Crippen LogP contribution in [0.4, 0.5) is 0 Å².